The second-order valence-electron chi connectivity index (χ2n) is 8.91. The first kappa shape index (κ1) is 21.7. The van der Waals surface area contributed by atoms with Crippen molar-refractivity contribution in [2.24, 2.45) is 0 Å². The minimum atomic E-state index is 0.767. The minimum Gasteiger partial charge on any atom is -0.292 e. The van der Waals surface area contributed by atoms with Crippen LogP contribution in [0.5, 0.6) is 0 Å². The highest BCUT2D eigenvalue weighted by Gasteiger charge is 2.26. The van der Waals surface area contributed by atoms with Gasteiger partial charge in [0, 0.05) is 20.6 Å². The number of anilines is 3. The lowest BCUT2D eigenvalue weighted by atomic mass is 10.1. The summed E-state index contributed by atoms with van der Waals surface area (Å²) in [4.78, 5) is 14.5. The Morgan fingerprint density at radius 2 is 1.19 bits per heavy atom. The predicted molar refractivity (Wildman–Crippen MR) is 155 cm³/mol. The molecule has 0 radical (unpaired) electrons. The molecule has 0 saturated carbocycles. The van der Waals surface area contributed by atoms with Crippen molar-refractivity contribution >= 4 is 62.9 Å². The zero-order chi connectivity index (χ0) is 24.9. The summed E-state index contributed by atoms with van der Waals surface area (Å²) < 4.78 is 2.19. The van der Waals surface area contributed by atoms with E-state index in [4.69, 9.17) is 4.98 Å². The van der Waals surface area contributed by atoms with E-state index in [1.165, 1.54) is 9.79 Å². The molecule has 3 heterocycles. The van der Waals surface area contributed by atoms with Gasteiger partial charge < -0.3 is 0 Å². The molecule has 0 N–H and O–H groups in total. The molecular formula is C32H22N4S. The molecule has 4 nitrogen and oxygen atoms in total. The Kier molecular flexibility index (Phi) is 4.98. The predicted octanol–water partition coefficient (Wildman–Crippen LogP) is 8.79. The molecule has 1 aliphatic rings. The van der Waals surface area contributed by atoms with Gasteiger partial charge in [0.2, 0.25) is 0 Å². The molecule has 4 aromatic carbocycles. The van der Waals surface area contributed by atoms with E-state index in [-0.39, 0.29) is 0 Å². The highest BCUT2D eigenvalue weighted by molar-refractivity contribution is 7.99. The van der Waals surface area contributed by atoms with Gasteiger partial charge in [0.15, 0.2) is 11.6 Å². The average molecular weight is 495 g/mol. The van der Waals surface area contributed by atoms with E-state index >= 15 is 0 Å². The highest BCUT2D eigenvalue weighted by Crippen LogP contribution is 2.50. The van der Waals surface area contributed by atoms with Gasteiger partial charge in [-0.15, -0.1) is 0 Å². The van der Waals surface area contributed by atoms with Crippen LogP contribution in [-0.4, -0.2) is 14.5 Å². The molecule has 6 aromatic rings. The third kappa shape index (κ3) is 3.39. The third-order valence-electron chi connectivity index (χ3n) is 6.78. The van der Waals surface area contributed by atoms with Crippen molar-refractivity contribution in [1.82, 2.24) is 14.5 Å². The first-order chi connectivity index (χ1) is 18.2. The van der Waals surface area contributed by atoms with E-state index in [0.717, 1.165) is 55.9 Å². The standard InChI is InChI=1S/C32H22N4S/c1-3-21-13-15-25-23(17-21)24-18-22(4-2)14-16-26(24)35(25)31-19-33-20-32(34-31)36-27-9-5-7-11-29(27)37-30-12-8-6-10-28(30)36/h3-20H,1-2H2. The first-order valence-corrected chi connectivity index (χ1v) is 12.9. The number of hydrogen-bond donors (Lipinski definition) is 0. The molecule has 0 aliphatic carbocycles. The van der Waals surface area contributed by atoms with Crippen LogP contribution in [0, 0.1) is 0 Å². The molecule has 0 atom stereocenters. The van der Waals surface area contributed by atoms with Crippen molar-refractivity contribution < 1.29 is 0 Å². The quantitative estimate of drug-likeness (QED) is 0.245. The highest BCUT2D eigenvalue weighted by atomic mass is 32.2. The Labute approximate surface area is 219 Å². The molecule has 37 heavy (non-hydrogen) atoms. The molecule has 0 unspecified atom stereocenters. The molecule has 7 rings (SSSR count). The van der Waals surface area contributed by atoms with Crippen molar-refractivity contribution in [3.05, 3.63) is 122 Å². The fourth-order valence-electron chi connectivity index (χ4n) is 5.07. The van der Waals surface area contributed by atoms with Crippen molar-refractivity contribution in [1.29, 1.82) is 0 Å². The summed E-state index contributed by atoms with van der Waals surface area (Å²) in [5, 5.41) is 2.29. The summed E-state index contributed by atoms with van der Waals surface area (Å²) in [6.45, 7) is 7.93. The van der Waals surface area contributed by atoms with Crippen molar-refractivity contribution in [2.45, 2.75) is 9.79 Å². The van der Waals surface area contributed by atoms with Crippen molar-refractivity contribution in [3.63, 3.8) is 0 Å². The largest absolute Gasteiger partial charge is 0.292 e. The molecule has 5 heteroatoms. The lowest BCUT2D eigenvalue weighted by Gasteiger charge is -2.31. The molecule has 2 aromatic heterocycles. The summed E-state index contributed by atoms with van der Waals surface area (Å²) in [7, 11) is 0. The van der Waals surface area contributed by atoms with Gasteiger partial charge in [0.25, 0.3) is 0 Å². The topological polar surface area (TPSA) is 34.0 Å². The van der Waals surface area contributed by atoms with E-state index in [2.05, 4.69) is 113 Å². The molecule has 0 spiro atoms. The molecule has 1 aliphatic heterocycles. The monoisotopic (exact) mass is 494 g/mol. The Morgan fingerprint density at radius 1 is 0.649 bits per heavy atom. The molecular weight excluding hydrogens is 472 g/mol. The lowest BCUT2D eigenvalue weighted by molar-refractivity contribution is 1.01. The van der Waals surface area contributed by atoms with Crippen molar-refractivity contribution in [2.75, 3.05) is 4.90 Å². The molecule has 176 valence electrons. The lowest BCUT2D eigenvalue weighted by Crippen LogP contribution is -2.17. The first-order valence-electron chi connectivity index (χ1n) is 12.1. The minimum absolute atomic E-state index is 0.767. The number of rotatable bonds is 4. The van der Waals surface area contributed by atoms with Crippen LogP contribution in [0.1, 0.15) is 11.1 Å². The number of aromatic nitrogens is 3. The maximum absolute atomic E-state index is 5.20. The SMILES string of the molecule is C=Cc1ccc2c(c1)c1cc(C=C)ccc1n2-c1cncc(N2c3ccccc3Sc3ccccc32)n1. The summed E-state index contributed by atoms with van der Waals surface area (Å²) in [5.41, 5.74) is 6.51. The van der Waals surface area contributed by atoms with Crippen LogP contribution in [-0.2, 0) is 0 Å². The maximum atomic E-state index is 5.20. The van der Waals surface area contributed by atoms with Crippen LogP contribution in [0.15, 0.2) is 120 Å². The van der Waals surface area contributed by atoms with Crippen LogP contribution < -0.4 is 4.90 Å². The van der Waals surface area contributed by atoms with Gasteiger partial charge in [-0.1, -0.05) is 73.5 Å². The van der Waals surface area contributed by atoms with Gasteiger partial charge >= 0.3 is 0 Å². The average Bonchev–Trinajstić information content (AvgIpc) is 3.28. The number of para-hydroxylation sites is 2. The van der Waals surface area contributed by atoms with Gasteiger partial charge in [-0.2, -0.15) is 0 Å². The molecule has 0 amide bonds. The van der Waals surface area contributed by atoms with Gasteiger partial charge in [0.05, 0.1) is 34.8 Å². The normalized spacial score (nSPS) is 12.4. The molecule has 0 bridgehead atoms. The fourth-order valence-corrected chi connectivity index (χ4v) is 6.13. The van der Waals surface area contributed by atoms with Crippen LogP contribution in [0.3, 0.4) is 0 Å². The van der Waals surface area contributed by atoms with Gasteiger partial charge in [-0.3, -0.25) is 14.5 Å². The number of benzene rings is 4. The summed E-state index contributed by atoms with van der Waals surface area (Å²) in [6, 6.07) is 29.7. The maximum Gasteiger partial charge on any atom is 0.158 e. The second-order valence-corrected chi connectivity index (χ2v) is 9.99. The number of nitrogens with zero attached hydrogens (tertiary/aromatic N) is 4. The molecule has 0 saturated heterocycles. The Bertz CT molecular complexity index is 1760. The van der Waals surface area contributed by atoms with Crippen LogP contribution in [0.4, 0.5) is 17.2 Å². The second kappa shape index (κ2) is 8.50. The number of hydrogen-bond acceptors (Lipinski definition) is 4. The molecule has 0 fully saturated rings. The van der Waals surface area contributed by atoms with E-state index in [0.29, 0.717) is 0 Å². The third-order valence-corrected chi connectivity index (χ3v) is 7.91. The number of fused-ring (bicyclic) bond motifs is 5. The van der Waals surface area contributed by atoms with Crippen LogP contribution in [0.2, 0.25) is 0 Å². The van der Waals surface area contributed by atoms with Crippen LogP contribution >= 0.6 is 11.8 Å². The fraction of sp³-hybridized carbons (Fsp3) is 0. The van der Waals surface area contributed by atoms with Gasteiger partial charge in [-0.25, -0.2) is 4.98 Å². The van der Waals surface area contributed by atoms with E-state index in [1.807, 2.05) is 24.5 Å². The zero-order valence-electron chi connectivity index (χ0n) is 20.0. The smallest absolute Gasteiger partial charge is 0.158 e. The van der Waals surface area contributed by atoms with Gasteiger partial charge in [0.1, 0.15) is 0 Å². The summed E-state index contributed by atoms with van der Waals surface area (Å²) in [5.74, 6) is 1.54. The van der Waals surface area contributed by atoms with Gasteiger partial charge in [-0.05, 0) is 59.7 Å². The Balaban J connectivity index is 1.48. The Morgan fingerprint density at radius 3 is 1.76 bits per heavy atom. The van der Waals surface area contributed by atoms with E-state index in [1.54, 1.807) is 11.8 Å². The van der Waals surface area contributed by atoms with E-state index < -0.39 is 0 Å². The Hall–Kier alpha value is -4.61. The van der Waals surface area contributed by atoms with Crippen molar-refractivity contribution in [3.8, 4) is 5.82 Å². The summed E-state index contributed by atoms with van der Waals surface area (Å²) in [6.07, 6.45) is 7.43. The van der Waals surface area contributed by atoms with Crippen LogP contribution in [0.25, 0.3) is 39.8 Å². The summed E-state index contributed by atoms with van der Waals surface area (Å²) >= 11 is 1.78. The zero-order valence-corrected chi connectivity index (χ0v) is 20.8. The van der Waals surface area contributed by atoms with E-state index in [9.17, 15) is 0 Å².